The maximum atomic E-state index is 4.35. The summed E-state index contributed by atoms with van der Waals surface area (Å²) in [6, 6.07) is 19.5. The predicted octanol–water partition coefficient (Wildman–Crippen LogP) is 2.33. The summed E-state index contributed by atoms with van der Waals surface area (Å²) in [5.41, 5.74) is 1.87. The number of hydrogen-bond acceptors (Lipinski definition) is 3. The maximum absolute atomic E-state index is 4.35. The average molecular weight is 222 g/mol. The van der Waals surface area contributed by atoms with Crippen LogP contribution in [0.1, 0.15) is 0 Å². The number of tetrazole rings is 1. The van der Waals surface area contributed by atoms with Crippen molar-refractivity contribution in [3.8, 4) is 17.1 Å². The number of rotatable bonds is 2. The van der Waals surface area contributed by atoms with Crippen LogP contribution in [0.5, 0.6) is 0 Å². The van der Waals surface area contributed by atoms with E-state index in [2.05, 4.69) is 15.4 Å². The van der Waals surface area contributed by atoms with Gasteiger partial charge in [0.05, 0.1) is 5.69 Å². The highest BCUT2D eigenvalue weighted by Crippen LogP contribution is 2.13. The molecule has 0 unspecified atom stereocenters. The first kappa shape index (κ1) is 9.72. The van der Waals surface area contributed by atoms with Gasteiger partial charge in [-0.05, 0) is 17.3 Å². The Bertz CT molecular complexity index is 548. The normalized spacial score (nSPS) is 10.4. The Hall–Kier alpha value is -2.49. The second-order valence-electron chi connectivity index (χ2n) is 3.60. The fourth-order valence-corrected chi connectivity index (χ4v) is 1.59. The predicted molar refractivity (Wildman–Crippen MR) is 64.6 cm³/mol. The first-order valence-corrected chi connectivity index (χ1v) is 5.34. The van der Waals surface area contributed by atoms with E-state index in [0.29, 0.717) is 5.82 Å². The number of para-hydroxylation sites is 1. The zero-order valence-electron chi connectivity index (χ0n) is 9.06. The van der Waals surface area contributed by atoms with Crippen LogP contribution in [-0.4, -0.2) is 20.2 Å². The third-order valence-corrected chi connectivity index (χ3v) is 2.43. The second kappa shape index (κ2) is 4.17. The van der Waals surface area contributed by atoms with E-state index in [1.165, 1.54) is 4.80 Å². The fraction of sp³-hybridized carbons (Fsp3) is 0. The van der Waals surface area contributed by atoms with E-state index >= 15 is 0 Å². The van der Waals surface area contributed by atoms with E-state index in [4.69, 9.17) is 0 Å². The molecule has 0 radical (unpaired) electrons. The van der Waals surface area contributed by atoms with E-state index < -0.39 is 0 Å². The van der Waals surface area contributed by atoms with Gasteiger partial charge in [0.25, 0.3) is 0 Å². The molecule has 3 rings (SSSR count). The van der Waals surface area contributed by atoms with Crippen molar-refractivity contribution in [3.05, 3.63) is 60.7 Å². The molecule has 0 N–H and O–H groups in total. The molecule has 0 bridgehead atoms. The molecular weight excluding hydrogens is 212 g/mol. The van der Waals surface area contributed by atoms with Gasteiger partial charge in [-0.1, -0.05) is 48.5 Å². The van der Waals surface area contributed by atoms with E-state index in [9.17, 15) is 0 Å². The highest BCUT2D eigenvalue weighted by molar-refractivity contribution is 5.53. The second-order valence-corrected chi connectivity index (χ2v) is 3.60. The third-order valence-electron chi connectivity index (χ3n) is 2.43. The Balaban J connectivity index is 1.99. The molecule has 0 amide bonds. The van der Waals surface area contributed by atoms with Crippen molar-refractivity contribution >= 4 is 0 Å². The lowest BCUT2D eigenvalue weighted by molar-refractivity contribution is 0.720. The van der Waals surface area contributed by atoms with Crippen molar-refractivity contribution in [2.75, 3.05) is 0 Å². The largest absolute Gasteiger partial charge is 0.205 e. The van der Waals surface area contributed by atoms with Gasteiger partial charge in [-0.2, -0.15) is 0 Å². The topological polar surface area (TPSA) is 43.6 Å². The fourth-order valence-electron chi connectivity index (χ4n) is 1.59. The molecule has 1 heterocycles. The standard InChI is InChI=1S/C13H10N4/c1-3-7-11(8-4-1)13-14-16-17(15-13)12-9-5-2-6-10-12/h1-10H. The highest BCUT2D eigenvalue weighted by Gasteiger charge is 2.05. The van der Waals surface area contributed by atoms with Crippen LogP contribution in [0.3, 0.4) is 0 Å². The molecule has 3 aromatic rings. The first-order valence-electron chi connectivity index (χ1n) is 5.34. The van der Waals surface area contributed by atoms with Gasteiger partial charge < -0.3 is 0 Å². The summed E-state index contributed by atoms with van der Waals surface area (Å²) >= 11 is 0. The first-order chi connectivity index (χ1) is 8.43. The summed E-state index contributed by atoms with van der Waals surface area (Å²) in [5.74, 6) is 0.634. The van der Waals surface area contributed by atoms with Crippen LogP contribution in [0, 0.1) is 0 Å². The highest BCUT2D eigenvalue weighted by atomic mass is 15.6. The Labute approximate surface area is 98.5 Å². The van der Waals surface area contributed by atoms with Gasteiger partial charge in [0.15, 0.2) is 0 Å². The van der Waals surface area contributed by atoms with Crippen molar-refractivity contribution in [2.24, 2.45) is 0 Å². The Morgan fingerprint density at radius 2 is 1.41 bits per heavy atom. The molecule has 4 nitrogen and oxygen atoms in total. The van der Waals surface area contributed by atoms with Gasteiger partial charge >= 0.3 is 0 Å². The zero-order chi connectivity index (χ0) is 11.5. The van der Waals surface area contributed by atoms with E-state index in [1.54, 1.807) is 0 Å². The molecule has 0 saturated heterocycles. The van der Waals surface area contributed by atoms with Crippen LogP contribution in [0.4, 0.5) is 0 Å². The summed E-state index contributed by atoms with van der Waals surface area (Å²) in [7, 11) is 0. The van der Waals surface area contributed by atoms with Crippen molar-refractivity contribution in [2.45, 2.75) is 0 Å². The summed E-state index contributed by atoms with van der Waals surface area (Å²) in [4.78, 5) is 1.53. The third kappa shape index (κ3) is 1.92. The van der Waals surface area contributed by atoms with Crippen LogP contribution in [0.2, 0.25) is 0 Å². The smallest absolute Gasteiger partial charge is 0.130 e. The van der Waals surface area contributed by atoms with Gasteiger partial charge in [0.1, 0.15) is 0 Å². The molecule has 0 spiro atoms. The molecule has 0 fully saturated rings. The molecular formula is C13H10N4. The van der Waals surface area contributed by atoms with Crippen LogP contribution in [0.15, 0.2) is 60.7 Å². The molecule has 4 heteroatoms. The van der Waals surface area contributed by atoms with E-state index in [-0.39, 0.29) is 0 Å². The maximum Gasteiger partial charge on any atom is 0.205 e. The molecule has 0 atom stereocenters. The summed E-state index contributed by atoms with van der Waals surface area (Å²) in [6.07, 6.45) is 0. The lowest BCUT2D eigenvalue weighted by Crippen LogP contribution is -1.98. The van der Waals surface area contributed by atoms with Crippen LogP contribution >= 0.6 is 0 Å². The monoisotopic (exact) mass is 222 g/mol. The van der Waals surface area contributed by atoms with Gasteiger partial charge in [-0.15, -0.1) is 15.0 Å². The Kier molecular flexibility index (Phi) is 2.38. The Morgan fingerprint density at radius 3 is 2.12 bits per heavy atom. The lowest BCUT2D eigenvalue weighted by Gasteiger charge is -1.95. The quantitative estimate of drug-likeness (QED) is 0.668. The minimum Gasteiger partial charge on any atom is -0.130 e. The summed E-state index contributed by atoms with van der Waals surface area (Å²) in [5, 5.41) is 12.4. The van der Waals surface area contributed by atoms with Crippen molar-refractivity contribution < 1.29 is 0 Å². The molecule has 82 valence electrons. The van der Waals surface area contributed by atoms with E-state index in [1.807, 2.05) is 60.7 Å². The zero-order valence-corrected chi connectivity index (χ0v) is 9.06. The molecule has 0 saturated carbocycles. The van der Waals surface area contributed by atoms with Crippen LogP contribution in [0.25, 0.3) is 17.1 Å². The average Bonchev–Trinajstić information content (AvgIpc) is 2.90. The number of benzene rings is 2. The number of aromatic nitrogens is 4. The number of hydrogen-bond donors (Lipinski definition) is 0. The van der Waals surface area contributed by atoms with Gasteiger partial charge in [0, 0.05) is 5.56 Å². The summed E-state index contributed by atoms with van der Waals surface area (Å²) < 4.78 is 0. The van der Waals surface area contributed by atoms with Crippen molar-refractivity contribution in [1.82, 2.24) is 20.2 Å². The van der Waals surface area contributed by atoms with Crippen molar-refractivity contribution in [3.63, 3.8) is 0 Å². The number of nitrogens with zero attached hydrogens (tertiary/aromatic N) is 4. The summed E-state index contributed by atoms with van der Waals surface area (Å²) in [6.45, 7) is 0. The lowest BCUT2D eigenvalue weighted by atomic mass is 10.2. The molecule has 17 heavy (non-hydrogen) atoms. The van der Waals surface area contributed by atoms with Crippen LogP contribution < -0.4 is 0 Å². The van der Waals surface area contributed by atoms with Gasteiger partial charge in [-0.3, -0.25) is 0 Å². The molecule has 0 aliphatic heterocycles. The van der Waals surface area contributed by atoms with Gasteiger partial charge in [-0.25, -0.2) is 0 Å². The van der Waals surface area contributed by atoms with Crippen LogP contribution in [-0.2, 0) is 0 Å². The molecule has 2 aromatic carbocycles. The minimum atomic E-state index is 0.634. The van der Waals surface area contributed by atoms with Crippen molar-refractivity contribution in [1.29, 1.82) is 0 Å². The van der Waals surface area contributed by atoms with Gasteiger partial charge in [0.2, 0.25) is 5.82 Å². The van der Waals surface area contributed by atoms with E-state index in [0.717, 1.165) is 11.3 Å². The minimum absolute atomic E-state index is 0.634. The molecule has 1 aromatic heterocycles. The molecule has 0 aliphatic rings. The Morgan fingerprint density at radius 1 is 0.765 bits per heavy atom. The molecule has 0 aliphatic carbocycles. The SMILES string of the molecule is c1ccc(-c2nnn(-c3ccccc3)n2)cc1.